The smallest absolute Gasteiger partial charge is 0.214 e. The summed E-state index contributed by atoms with van der Waals surface area (Å²) in [4.78, 5) is 2.24. The normalized spacial score (nSPS) is 12.8. The molecule has 116 valence electrons. The van der Waals surface area contributed by atoms with E-state index in [4.69, 9.17) is 11.6 Å². The van der Waals surface area contributed by atoms with Crippen LogP contribution in [0.15, 0.2) is 0 Å². The van der Waals surface area contributed by atoms with Gasteiger partial charge in [-0.2, -0.15) is 0 Å². The Morgan fingerprint density at radius 1 is 1.11 bits per heavy atom. The molecule has 0 aromatic heterocycles. The third kappa shape index (κ3) is 8.12. The zero-order valence-electron chi connectivity index (χ0n) is 12.7. The molecule has 6 heteroatoms. The van der Waals surface area contributed by atoms with Gasteiger partial charge in [0.2, 0.25) is 10.0 Å². The monoisotopic (exact) mass is 312 g/mol. The molecule has 0 aliphatic rings. The number of halogens is 1. The van der Waals surface area contributed by atoms with Gasteiger partial charge in [0.05, 0.1) is 5.75 Å². The highest BCUT2D eigenvalue weighted by atomic mass is 35.5. The summed E-state index contributed by atoms with van der Waals surface area (Å²) in [7, 11) is -3.17. The van der Waals surface area contributed by atoms with Crippen LogP contribution in [0.4, 0.5) is 0 Å². The van der Waals surface area contributed by atoms with Gasteiger partial charge in [0.1, 0.15) is 0 Å². The average Bonchev–Trinajstić information content (AvgIpc) is 2.35. The van der Waals surface area contributed by atoms with E-state index in [-0.39, 0.29) is 5.75 Å². The molecule has 4 nitrogen and oxygen atoms in total. The van der Waals surface area contributed by atoms with Gasteiger partial charge < -0.3 is 4.90 Å². The summed E-state index contributed by atoms with van der Waals surface area (Å²) in [5, 5.41) is 0. The van der Waals surface area contributed by atoms with E-state index < -0.39 is 10.0 Å². The lowest BCUT2D eigenvalue weighted by Crippen LogP contribution is -2.41. The van der Waals surface area contributed by atoms with E-state index >= 15 is 0 Å². The zero-order chi connectivity index (χ0) is 14.9. The first-order chi connectivity index (χ1) is 8.87. The average molecular weight is 313 g/mol. The maximum atomic E-state index is 12.3. The molecule has 0 amide bonds. The fourth-order valence-corrected chi connectivity index (χ4v) is 3.85. The second-order valence-corrected chi connectivity index (χ2v) is 7.60. The minimum Gasteiger partial charge on any atom is -0.303 e. The molecule has 0 spiro atoms. The number of likely N-dealkylation sites (N-methyl/N-ethyl adjacent to an activating group) is 1. The Kier molecular flexibility index (Phi) is 10.1. The van der Waals surface area contributed by atoms with Crippen LogP contribution in [0.3, 0.4) is 0 Å². The van der Waals surface area contributed by atoms with Crippen molar-refractivity contribution in [3.05, 3.63) is 0 Å². The third-order valence-corrected chi connectivity index (χ3v) is 5.25. The van der Waals surface area contributed by atoms with E-state index in [0.717, 1.165) is 19.6 Å². The molecular formula is C13H29ClN2O2S. The molecule has 0 atom stereocenters. The molecule has 0 unspecified atom stereocenters. The quantitative estimate of drug-likeness (QED) is 0.549. The van der Waals surface area contributed by atoms with E-state index in [1.54, 1.807) is 4.31 Å². The van der Waals surface area contributed by atoms with Crippen molar-refractivity contribution in [2.45, 2.75) is 34.1 Å². The summed E-state index contributed by atoms with van der Waals surface area (Å²) < 4.78 is 26.2. The number of hydrogen-bond donors (Lipinski definition) is 0. The first kappa shape index (κ1) is 19.2. The van der Waals surface area contributed by atoms with Gasteiger partial charge in [-0.05, 0) is 25.4 Å². The highest BCUT2D eigenvalue weighted by Gasteiger charge is 2.22. The first-order valence-corrected chi connectivity index (χ1v) is 9.27. The minimum absolute atomic E-state index is 0.154. The van der Waals surface area contributed by atoms with Crippen LogP contribution in [0.1, 0.15) is 34.1 Å². The molecule has 0 aromatic rings. The predicted octanol–water partition coefficient (Wildman–Crippen LogP) is 2.24. The van der Waals surface area contributed by atoms with Gasteiger partial charge >= 0.3 is 0 Å². The molecule has 0 aromatic carbocycles. The lowest BCUT2D eigenvalue weighted by Gasteiger charge is -2.27. The summed E-state index contributed by atoms with van der Waals surface area (Å²) in [6.45, 7) is 12.1. The van der Waals surface area contributed by atoms with Gasteiger partial charge in [-0.1, -0.05) is 27.7 Å². The van der Waals surface area contributed by atoms with Gasteiger partial charge in [0.25, 0.3) is 0 Å². The highest BCUT2D eigenvalue weighted by molar-refractivity contribution is 7.89. The Bertz CT molecular complexity index is 317. The van der Waals surface area contributed by atoms with Crippen LogP contribution in [0.2, 0.25) is 0 Å². The topological polar surface area (TPSA) is 40.6 Å². The van der Waals surface area contributed by atoms with Crippen molar-refractivity contribution >= 4 is 21.6 Å². The van der Waals surface area contributed by atoms with E-state index in [9.17, 15) is 8.42 Å². The number of rotatable bonds is 11. The SMILES string of the molecule is CCN(CC)CCN(CC(C)C)S(=O)(=O)CCCCl. The van der Waals surface area contributed by atoms with E-state index in [1.165, 1.54) is 0 Å². The number of alkyl halides is 1. The Labute approximate surface area is 124 Å². The summed E-state index contributed by atoms with van der Waals surface area (Å²) in [5.41, 5.74) is 0. The maximum absolute atomic E-state index is 12.3. The van der Waals surface area contributed by atoms with Crippen LogP contribution in [0.5, 0.6) is 0 Å². The standard InChI is InChI=1S/C13H29ClN2O2S/c1-5-15(6-2)9-10-16(12-13(3)4)19(17,18)11-7-8-14/h13H,5-12H2,1-4H3. The Morgan fingerprint density at radius 3 is 2.11 bits per heavy atom. The van der Waals surface area contributed by atoms with Crippen molar-refractivity contribution < 1.29 is 8.42 Å². The molecule has 0 radical (unpaired) electrons. The zero-order valence-corrected chi connectivity index (χ0v) is 14.3. The van der Waals surface area contributed by atoms with Crippen LogP contribution in [0.25, 0.3) is 0 Å². The maximum Gasteiger partial charge on any atom is 0.214 e. The van der Waals surface area contributed by atoms with Crippen LogP contribution in [-0.2, 0) is 10.0 Å². The van der Waals surface area contributed by atoms with Gasteiger partial charge in [0.15, 0.2) is 0 Å². The van der Waals surface area contributed by atoms with Crippen LogP contribution in [0, 0.1) is 5.92 Å². The molecule has 0 fully saturated rings. The Balaban J connectivity index is 4.61. The first-order valence-electron chi connectivity index (χ1n) is 7.13. The highest BCUT2D eigenvalue weighted by Crippen LogP contribution is 2.08. The summed E-state index contributed by atoms with van der Waals surface area (Å²) in [5.74, 6) is 0.884. The van der Waals surface area contributed by atoms with E-state index in [0.29, 0.717) is 31.3 Å². The molecule has 0 saturated heterocycles. The number of nitrogens with zero attached hydrogens (tertiary/aromatic N) is 2. The summed E-state index contributed by atoms with van der Waals surface area (Å²) >= 11 is 5.60. The molecule has 0 saturated carbocycles. The number of hydrogen-bond acceptors (Lipinski definition) is 3. The van der Waals surface area contributed by atoms with Crippen molar-refractivity contribution in [3.63, 3.8) is 0 Å². The predicted molar refractivity (Wildman–Crippen MR) is 83.3 cm³/mol. The van der Waals surface area contributed by atoms with Gasteiger partial charge in [-0.25, -0.2) is 12.7 Å². The fraction of sp³-hybridized carbons (Fsp3) is 1.00. The minimum atomic E-state index is -3.17. The molecule has 0 N–H and O–H groups in total. The van der Waals surface area contributed by atoms with Gasteiger partial charge in [-0.3, -0.25) is 0 Å². The second-order valence-electron chi connectivity index (χ2n) is 5.14. The molecule has 0 aliphatic heterocycles. The van der Waals surface area contributed by atoms with Crippen LogP contribution < -0.4 is 0 Å². The van der Waals surface area contributed by atoms with Crippen molar-refractivity contribution in [3.8, 4) is 0 Å². The lowest BCUT2D eigenvalue weighted by atomic mass is 10.2. The Morgan fingerprint density at radius 2 is 1.68 bits per heavy atom. The molecule has 19 heavy (non-hydrogen) atoms. The largest absolute Gasteiger partial charge is 0.303 e. The second kappa shape index (κ2) is 9.97. The number of sulfonamides is 1. The molecule has 0 aliphatic carbocycles. The van der Waals surface area contributed by atoms with Crippen molar-refractivity contribution in [1.82, 2.24) is 9.21 Å². The lowest BCUT2D eigenvalue weighted by molar-refractivity contribution is 0.262. The summed E-state index contributed by atoms with van der Waals surface area (Å²) in [6.07, 6.45) is 0.518. The molecule has 0 heterocycles. The molecule has 0 rings (SSSR count). The van der Waals surface area contributed by atoms with Gasteiger partial charge in [-0.15, -0.1) is 11.6 Å². The fourth-order valence-electron chi connectivity index (χ4n) is 1.91. The van der Waals surface area contributed by atoms with E-state index in [2.05, 4.69) is 18.7 Å². The summed E-state index contributed by atoms with van der Waals surface area (Å²) in [6, 6.07) is 0. The van der Waals surface area contributed by atoms with Gasteiger partial charge in [0, 0.05) is 25.5 Å². The molecular weight excluding hydrogens is 284 g/mol. The van der Waals surface area contributed by atoms with E-state index in [1.807, 2.05) is 13.8 Å². The van der Waals surface area contributed by atoms with Crippen LogP contribution >= 0.6 is 11.6 Å². The Hall–Kier alpha value is 0.160. The van der Waals surface area contributed by atoms with Crippen molar-refractivity contribution in [2.24, 2.45) is 5.92 Å². The van der Waals surface area contributed by atoms with Crippen molar-refractivity contribution in [2.75, 3.05) is 44.4 Å². The van der Waals surface area contributed by atoms with Crippen molar-refractivity contribution in [1.29, 1.82) is 0 Å². The molecule has 0 bridgehead atoms. The van der Waals surface area contributed by atoms with Crippen LogP contribution in [-0.4, -0.2) is 62.0 Å². The third-order valence-electron chi connectivity index (χ3n) is 3.06.